The maximum absolute atomic E-state index is 13.0. The third-order valence-electron chi connectivity index (χ3n) is 5.91. The van der Waals surface area contributed by atoms with Crippen molar-refractivity contribution >= 4 is 5.91 Å². The second-order valence-electron chi connectivity index (χ2n) is 8.22. The number of carbonyl (C=O) groups is 1. The van der Waals surface area contributed by atoms with Crippen LogP contribution in [0, 0.1) is 19.7 Å². The van der Waals surface area contributed by atoms with Crippen molar-refractivity contribution in [1.82, 2.24) is 25.0 Å². The number of rotatable bonds is 6. The van der Waals surface area contributed by atoms with Crippen LogP contribution < -0.4 is 5.32 Å². The van der Waals surface area contributed by atoms with E-state index in [4.69, 9.17) is 4.98 Å². The zero-order valence-electron chi connectivity index (χ0n) is 18.2. The number of amides is 1. The molecule has 1 N–H and O–H groups in total. The van der Waals surface area contributed by atoms with Gasteiger partial charge in [-0.15, -0.1) is 0 Å². The van der Waals surface area contributed by atoms with Gasteiger partial charge in [-0.3, -0.25) is 19.4 Å². The number of carbonyl (C=O) groups excluding carboxylic acids is 1. The van der Waals surface area contributed by atoms with E-state index in [2.05, 4.69) is 21.5 Å². The molecule has 4 rings (SSSR count). The molecule has 1 saturated heterocycles. The van der Waals surface area contributed by atoms with Gasteiger partial charge in [-0.25, -0.2) is 4.39 Å². The number of nitrogens with one attached hydrogen (secondary N) is 1. The van der Waals surface area contributed by atoms with Crippen LogP contribution in [0.25, 0.3) is 0 Å². The van der Waals surface area contributed by atoms with Gasteiger partial charge < -0.3 is 5.32 Å². The standard InChI is InChI=1S/C24H28FN5O/c1-16-19(14-29(3)28-16)15-30-12-4-5-23(30)22-11-10-21(17(2)27-22)24(31)26-13-18-6-8-20(25)9-7-18/h6-11,14,23H,4-5,12-13,15H2,1-3H3,(H,26,31)/t23-/m0/s1. The summed E-state index contributed by atoms with van der Waals surface area (Å²) >= 11 is 0. The summed E-state index contributed by atoms with van der Waals surface area (Å²) < 4.78 is 14.9. The molecule has 1 aliphatic rings. The predicted octanol–water partition coefficient (Wildman–Crippen LogP) is 3.84. The van der Waals surface area contributed by atoms with Crippen molar-refractivity contribution in [3.05, 3.63) is 82.2 Å². The van der Waals surface area contributed by atoms with Gasteiger partial charge in [-0.1, -0.05) is 12.1 Å². The first-order valence-corrected chi connectivity index (χ1v) is 10.6. The first kappa shape index (κ1) is 21.2. The Kier molecular flexibility index (Phi) is 6.13. The van der Waals surface area contributed by atoms with Gasteiger partial charge in [0.1, 0.15) is 5.82 Å². The van der Waals surface area contributed by atoms with Gasteiger partial charge >= 0.3 is 0 Å². The summed E-state index contributed by atoms with van der Waals surface area (Å²) in [6, 6.07) is 10.2. The first-order valence-electron chi connectivity index (χ1n) is 10.6. The van der Waals surface area contributed by atoms with Crippen LogP contribution in [-0.4, -0.2) is 32.1 Å². The average molecular weight is 422 g/mol. The van der Waals surface area contributed by atoms with Crippen molar-refractivity contribution in [3.8, 4) is 0 Å². The lowest BCUT2D eigenvalue weighted by Gasteiger charge is -2.24. The molecule has 0 bridgehead atoms. The summed E-state index contributed by atoms with van der Waals surface area (Å²) in [7, 11) is 1.95. The molecule has 0 radical (unpaired) electrons. The Balaban J connectivity index is 1.44. The van der Waals surface area contributed by atoms with Gasteiger partial charge in [0.25, 0.3) is 5.91 Å². The number of pyridine rings is 1. The molecule has 7 heteroatoms. The van der Waals surface area contributed by atoms with Crippen LogP contribution in [0.15, 0.2) is 42.6 Å². The number of aromatic nitrogens is 3. The normalized spacial score (nSPS) is 16.6. The van der Waals surface area contributed by atoms with Gasteiger partial charge in [0.15, 0.2) is 0 Å². The second kappa shape index (κ2) is 8.98. The summed E-state index contributed by atoms with van der Waals surface area (Å²) in [6.45, 7) is 6.15. The van der Waals surface area contributed by atoms with E-state index >= 15 is 0 Å². The summed E-state index contributed by atoms with van der Waals surface area (Å²) in [6.07, 6.45) is 4.27. The van der Waals surface area contributed by atoms with Gasteiger partial charge in [-0.05, 0) is 63.1 Å². The number of hydrogen-bond acceptors (Lipinski definition) is 4. The Morgan fingerprint density at radius 3 is 2.61 bits per heavy atom. The number of hydrogen-bond donors (Lipinski definition) is 1. The molecule has 1 aromatic carbocycles. The lowest BCUT2D eigenvalue weighted by atomic mass is 10.1. The van der Waals surface area contributed by atoms with Crippen LogP contribution in [0.5, 0.6) is 0 Å². The van der Waals surface area contributed by atoms with E-state index < -0.39 is 0 Å². The minimum atomic E-state index is -0.287. The fourth-order valence-corrected chi connectivity index (χ4v) is 4.26. The minimum absolute atomic E-state index is 0.171. The Bertz CT molecular complexity index is 1080. The molecular weight excluding hydrogens is 393 g/mol. The largest absolute Gasteiger partial charge is 0.348 e. The van der Waals surface area contributed by atoms with E-state index in [1.807, 2.05) is 37.7 Å². The molecule has 3 heterocycles. The Morgan fingerprint density at radius 2 is 1.94 bits per heavy atom. The van der Waals surface area contributed by atoms with Crippen LogP contribution in [-0.2, 0) is 20.1 Å². The fraction of sp³-hybridized carbons (Fsp3) is 0.375. The van der Waals surface area contributed by atoms with Crippen LogP contribution in [0.1, 0.15) is 57.5 Å². The van der Waals surface area contributed by atoms with Gasteiger partial charge in [0.05, 0.1) is 28.7 Å². The molecule has 0 unspecified atom stereocenters. The maximum atomic E-state index is 13.0. The molecule has 2 aromatic heterocycles. The highest BCUT2D eigenvalue weighted by Crippen LogP contribution is 2.33. The van der Waals surface area contributed by atoms with Crippen molar-refractivity contribution in [3.63, 3.8) is 0 Å². The van der Waals surface area contributed by atoms with Gasteiger partial charge in [-0.2, -0.15) is 5.10 Å². The summed E-state index contributed by atoms with van der Waals surface area (Å²) in [5.41, 5.74) is 5.45. The molecule has 162 valence electrons. The lowest BCUT2D eigenvalue weighted by molar-refractivity contribution is 0.0949. The molecule has 3 aromatic rings. The van der Waals surface area contributed by atoms with E-state index in [9.17, 15) is 9.18 Å². The predicted molar refractivity (Wildman–Crippen MR) is 117 cm³/mol. The first-order chi connectivity index (χ1) is 14.9. The Morgan fingerprint density at radius 1 is 1.16 bits per heavy atom. The number of nitrogens with zero attached hydrogens (tertiary/aromatic N) is 4. The topological polar surface area (TPSA) is 63.1 Å². The van der Waals surface area contributed by atoms with Crippen LogP contribution in [0.4, 0.5) is 4.39 Å². The molecule has 1 aliphatic heterocycles. The molecule has 0 saturated carbocycles. The Labute approximate surface area is 182 Å². The van der Waals surface area contributed by atoms with E-state index in [0.717, 1.165) is 48.6 Å². The van der Waals surface area contributed by atoms with E-state index in [-0.39, 0.29) is 17.8 Å². The highest BCUT2D eigenvalue weighted by Gasteiger charge is 2.28. The van der Waals surface area contributed by atoms with Crippen LogP contribution >= 0.6 is 0 Å². The molecule has 0 aliphatic carbocycles. The fourth-order valence-electron chi connectivity index (χ4n) is 4.26. The van der Waals surface area contributed by atoms with Gasteiger partial charge in [0, 0.05) is 31.9 Å². The highest BCUT2D eigenvalue weighted by atomic mass is 19.1. The quantitative estimate of drug-likeness (QED) is 0.657. The molecule has 0 spiro atoms. The zero-order valence-corrected chi connectivity index (χ0v) is 18.2. The van der Waals surface area contributed by atoms with Crippen molar-refractivity contribution in [2.45, 2.75) is 45.8 Å². The molecule has 1 atom stereocenters. The van der Waals surface area contributed by atoms with Crippen molar-refractivity contribution in [2.75, 3.05) is 6.54 Å². The third kappa shape index (κ3) is 4.82. The van der Waals surface area contributed by atoms with Crippen LogP contribution in [0.2, 0.25) is 0 Å². The monoisotopic (exact) mass is 421 g/mol. The smallest absolute Gasteiger partial charge is 0.253 e. The second-order valence-corrected chi connectivity index (χ2v) is 8.22. The lowest BCUT2D eigenvalue weighted by Crippen LogP contribution is -2.26. The van der Waals surface area contributed by atoms with Crippen molar-refractivity contribution < 1.29 is 9.18 Å². The molecule has 31 heavy (non-hydrogen) atoms. The minimum Gasteiger partial charge on any atom is -0.348 e. The summed E-state index contributed by atoms with van der Waals surface area (Å²) in [5, 5.41) is 7.34. The third-order valence-corrected chi connectivity index (χ3v) is 5.91. The maximum Gasteiger partial charge on any atom is 0.253 e. The van der Waals surface area contributed by atoms with Crippen molar-refractivity contribution in [1.29, 1.82) is 0 Å². The molecular formula is C24H28FN5O. The van der Waals surface area contributed by atoms with Gasteiger partial charge in [0.2, 0.25) is 0 Å². The molecule has 1 fully saturated rings. The van der Waals surface area contributed by atoms with E-state index in [0.29, 0.717) is 12.1 Å². The summed E-state index contributed by atoms with van der Waals surface area (Å²) in [4.78, 5) is 19.9. The number of halogens is 1. The zero-order chi connectivity index (χ0) is 22.0. The highest BCUT2D eigenvalue weighted by molar-refractivity contribution is 5.95. The number of likely N-dealkylation sites (tertiary alicyclic amines) is 1. The van der Waals surface area contributed by atoms with E-state index in [1.165, 1.54) is 17.7 Å². The Hall–Kier alpha value is -3.06. The number of benzene rings is 1. The summed E-state index contributed by atoms with van der Waals surface area (Å²) in [5.74, 6) is -0.458. The van der Waals surface area contributed by atoms with Crippen LogP contribution in [0.3, 0.4) is 0 Å². The molecule has 1 amide bonds. The van der Waals surface area contributed by atoms with Crippen molar-refractivity contribution in [2.24, 2.45) is 7.05 Å². The van der Waals surface area contributed by atoms with E-state index in [1.54, 1.807) is 12.1 Å². The average Bonchev–Trinajstić information content (AvgIpc) is 3.33. The number of aryl methyl sites for hydroxylation is 3. The molecule has 6 nitrogen and oxygen atoms in total. The SMILES string of the molecule is Cc1nn(C)cc1CN1CCC[C@H]1c1ccc(C(=O)NCc2ccc(F)cc2)c(C)n1.